The molecule has 0 aliphatic heterocycles. The van der Waals surface area contributed by atoms with Gasteiger partial charge < -0.3 is 10.1 Å². The highest BCUT2D eigenvalue weighted by Crippen LogP contribution is 2.32. The van der Waals surface area contributed by atoms with Crippen molar-refractivity contribution in [2.75, 3.05) is 13.6 Å². The molecule has 0 unspecified atom stereocenters. The van der Waals surface area contributed by atoms with Crippen LogP contribution in [-0.2, 0) is 4.74 Å². The molecule has 0 amide bonds. The first-order chi connectivity index (χ1) is 6.88. The summed E-state index contributed by atoms with van der Waals surface area (Å²) in [5.41, 5.74) is 0. The predicted molar refractivity (Wildman–Crippen MR) is 58.4 cm³/mol. The maximum Gasteiger partial charge on any atom is 0.0585 e. The smallest absolute Gasteiger partial charge is 0.0585 e. The number of hydrogen-bond donors (Lipinski definition) is 1. The van der Waals surface area contributed by atoms with E-state index in [2.05, 4.69) is 5.32 Å². The van der Waals surface area contributed by atoms with Crippen molar-refractivity contribution >= 4 is 0 Å². The van der Waals surface area contributed by atoms with Gasteiger partial charge in [0.2, 0.25) is 0 Å². The summed E-state index contributed by atoms with van der Waals surface area (Å²) in [7, 11) is 2.04. The number of hydrogen-bond acceptors (Lipinski definition) is 2. The Morgan fingerprint density at radius 1 is 1.07 bits per heavy atom. The van der Waals surface area contributed by atoms with E-state index < -0.39 is 0 Å². The zero-order chi connectivity index (χ0) is 9.80. The molecule has 1 N–H and O–H groups in total. The lowest BCUT2D eigenvalue weighted by molar-refractivity contribution is -0.0858. The number of nitrogens with one attached hydrogen (secondary N) is 1. The highest BCUT2D eigenvalue weighted by atomic mass is 16.5. The van der Waals surface area contributed by atoms with Crippen LogP contribution in [0.4, 0.5) is 0 Å². The normalized spacial score (nSPS) is 34.1. The minimum absolute atomic E-state index is 0.594. The van der Waals surface area contributed by atoms with Gasteiger partial charge in [0.25, 0.3) is 0 Å². The van der Waals surface area contributed by atoms with E-state index in [4.69, 9.17) is 4.74 Å². The molecule has 14 heavy (non-hydrogen) atoms. The van der Waals surface area contributed by atoms with Crippen molar-refractivity contribution in [2.45, 2.75) is 57.2 Å². The largest absolute Gasteiger partial charge is 0.375 e. The summed E-state index contributed by atoms with van der Waals surface area (Å²) in [4.78, 5) is 0. The van der Waals surface area contributed by atoms with Crippen molar-refractivity contribution in [1.82, 2.24) is 5.32 Å². The second-order valence-corrected chi connectivity index (χ2v) is 4.91. The fraction of sp³-hybridized carbons (Fsp3) is 1.00. The van der Waals surface area contributed by atoms with Gasteiger partial charge in [-0.1, -0.05) is 19.3 Å². The van der Waals surface area contributed by atoms with Gasteiger partial charge in [-0.2, -0.15) is 0 Å². The third-order valence-corrected chi connectivity index (χ3v) is 3.62. The Balaban J connectivity index is 1.58. The lowest BCUT2D eigenvalue weighted by Gasteiger charge is -2.38. The monoisotopic (exact) mass is 197 g/mol. The van der Waals surface area contributed by atoms with Gasteiger partial charge in [-0.3, -0.25) is 0 Å². The lowest BCUT2D eigenvalue weighted by atomic mass is 9.82. The van der Waals surface area contributed by atoms with Crippen LogP contribution in [0.3, 0.4) is 0 Å². The summed E-state index contributed by atoms with van der Waals surface area (Å²) in [6.07, 6.45) is 10.6. The molecule has 2 fully saturated rings. The summed E-state index contributed by atoms with van der Waals surface area (Å²) in [6, 6.07) is 0. The van der Waals surface area contributed by atoms with E-state index in [1.807, 2.05) is 7.05 Å². The highest BCUT2D eigenvalue weighted by molar-refractivity contribution is 4.82. The van der Waals surface area contributed by atoms with Crippen molar-refractivity contribution in [3.05, 3.63) is 0 Å². The first-order valence-electron chi connectivity index (χ1n) is 6.18. The summed E-state index contributed by atoms with van der Waals surface area (Å²) < 4.78 is 6.08. The van der Waals surface area contributed by atoms with E-state index in [0.29, 0.717) is 12.2 Å². The van der Waals surface area contributed by atoms with Crippen molar-refractivity contribution in [3.63, 3.8) is 0 Å². The molecular weight excluding hydrogens is 174 g/mol. The average Bonchev–Trinajstić information content (AvgIpc) is 2.16. The van der Waals surface area contributed by atoms with Crippen molar-refractivity contribution in [2.24, 2.45) is 5.92 Å². The minimum Gasteiger partial charge on any atom is -0.375 e. The van der Waals surface area contributed by atoms with Gasteiger partial charge in [0.15, 0.2) is 0 Å². The lowest BCUT2D eigenvalue weighted by Crippen LogP contribution is -2.39. The number of ether oxygens (including phenoxy) is 1. The Bertz CT molecular complexity index is 160. The topological polar surface area (TPSA) is 21.3 Å². The van der Waals surface area contributed by atoms with E-state index >= 15 is 0 Å². The molecule has 0 aromatic heterocycles. The Morgan fingerprint density at radius 3 is 2.43 bits per heavy atom. The van der Waals surface area contributed by atoms with Crippen LogP contribution >= 0.6 is 0 Å². The fourth-order valence-corrected chi connectivity index (χ4v) is 2.71. The van der Waals surface area contributed by atoms with Gasteiger partial charge >= 0.3 is 0 Å². The van der Waals surface area contributed by atoms with E-state index in [9.17, 15) is 0 Å². The maximum atomic E-state index is 6.08. The van der Waals surface area contributed by atoms with E-state index in [1.54, 1.807) is 0 Å². The molecule has 82 valence electrons. The molecule has 2 nitrogen and oxygen atoms in total. The van der Waals surface area contributed by atoms with Crippen LogP contribution in [0.25, 0.3) is 0 Å². The summed E-state index contributed by atoms with van der Waals surface area (Å²) >= 11 is 0. The van der Waals surface area contributed by atoms with Crippen molar-refractivity contribution in [3.8, 4) is 0 Å². The Morgan fingerprint density at radius 2 is 1.79 bits per heavy atom. The average molecular weight is 197 g/mol. The third-order valence-electron chi connectivity index (χ3n) is 3.62. The molecule has 0 saturated heterocycles. The zero-order valence-electron chi connectivity index (χ0n) is 9.30. The Kier molecular flexibility index (Phi) is 3.82. The summed E-state index contributed by atoms with van der Waals surface area (Å²) in [6.45, 7) is 1.17. The van der Waals surface area contributed by atoms with Crippen LogP contribution in [0.5, 0.6) is 0 Å². The standard InChI is InChI=1S/C12H23NO/c1-13-9-10-7-12(8-10)14-11-5-3-2-4-6-11/h10-13H,2-9H2,1H3. The second-order valence-electron chi connectivity index (χ2n) is 4.91. The van der Waals surface area contributed by atoms with Gasteiger partial charge in [-0.15, -0.1) is 0 Å². The van der Waals surface area contributed by atoms with Crippen molar-refractivity contribution < 1.29 is 4.74 Å². The van der Waals surface area contributed by atoms with E-state index in [1.165, 1.54) is 51.5 Å². The maximum absolute atomic E-state index is 6.08. The molecule has 2 heteroatoms. The first kappa shape index (κ1) is 10.4. The highest BCUT2D eigenvalue weighted by Gasteiger charge is 2.31. The predicted octanol–water partition coefficient (Wildman–Crippen LogP) is 2.33. The van der Waals surface area contributed by atoms with Crippen LogP contribution in [0.2, 0.25) is 0 Å². The second kappa shape index (κ2) is 5.13. The molecule has 2 aliphatic rings. The minimum atomic E-state index is 0.594. The van der Waals surface area contributed by atoms with Crippen molar-refractivity contribution in [1.29, 1.82) is 0 Å². The summed E-state index contributed by atoms with van der Waals surface area (Å²) in [5.74, 6) is 0.883. The molecule has 2 saturated carbocycles. The first-order valence-corrected chi connectivity index (χ1v) is 6.18. The molecule has 2 rings (SSSR count). The molecule has 0 aromatic rings. The molecule has 0 spiro atoms. The molecule has 0 aromatic carbocycles. The van der Waals surface area contributed by atoms with Gasteiger partial charge in [-0.05, 0) is 45.2 Å². The van der Waals surface area contributed by atoms with Crippen LogP contribution in [0, 0.1) is 5.92 Å². The Labute approximate surface area is 87.4 Å². The quantitative estimate of drug-likeness (QED) is 0.747. The molecule has 0 radical (unpaired) electrons. The molecular formula is C12H23NO. The van der Waals surface area contributed by atoms with Crippen LogP contribution in [0.15, 0.2) is 0 Å². The van der Waals surface area contributed by atoms with E-state index in [0.717, 1.165) is 5.92 Å². The molecule has 0 atom stereocenters. The SMILES string of the molecule is CNCC1CC(OC2CCCCC2)C1. The third kappa shape index (κ3) is 2.71. The molecule has 0 heterocycles. The van der Waals surface area contributed by atoms with Gasteiger partial charge in [0.1, 0.15) is 0 Å². The van der Waals surface area contributed by atoms with Gasteiger partial charge in [0, 0.05) is 0 Å². The zero-order valence-corrected chi connectivity index (χ0v) is 9.30. The molecule has 2 aliphatic carbocycles. The van der Waals surface area contributed by atoms with Crippen LogP contribution in [-0.4, -0.2) is 25.8 Å². The van der Waals surface area contributed by atoms with E-state index in [-0.39, 0.29) is 0 Å². The molecule has 0 bridgehead atoms. The fourth-order valence-electron chi connectivity index (χ4n) is 2.71. The summed E-state index contributed by atoms with van der Waals surface area (Å²) in [5, 5.41) is 3.24. The number of rotatable bonds is 4. The van der Waals surface area contributed by atoms with Gasteiger partial charge in [0.05, 0.1) is 12.2 Å². The van der Waals surface area contributed by atoms with Gasteiger partial charge in [-0.25, -0.2) is 0 Å². The Hall–Kier alpha value is -0.0800. The van der Waals surface area contributed by atoms with Crippen LogP contribution in [0.1, 0.15) is 44.9 Å². The van der Waals surface area contributed by atoms with Crippen LogP contribution < -0.4 is 5.32 Å².